The van der Waals surface area contributed by atoms with Crippen molar-refractivity contribution >= 4 is 38.4 Å². The number of carbonyl (C=O) groups is 1. The number of rotatable bonds is 7. The van der Waals surface area contributed by atoms with E-state index in [4.69, 9.17) is 11.6 Å². The van der Waals surface area contributed by atoms with Crippen LogP contribution in [-0.4, -0.2) is 42.9 Å². The molecule has 1 fully saturated rings. The first-order valence-corrected chi connectivity index (χ1v) is 13.2. The van der Waals surface area contributed by atoms with Crippen LogP contribution in [0.1, 0.15) is 31.7 Å². The van der Waals surface area contributed by atoms with E-state index in [1.54, 1.807) is 29.2 Å². The second kappa shape index (κ2) is 9.87. The molecule has 33 heavy (non-hydrogen) atoms. The van der Waals surface area contributed by atoms with Crippen LogP contribution in [0.3, 0.4) is 0 Å². The van der Waals surface area contributed by atoms with Gasteiger partial charge in [-0.05, 0) is 61.4 Å². The average molecular weight is 488 g/mol. The van der Waals surface area contributed by atoms with Crippen molar-refractivity contribution in [2.45, 2.75) is 43.5 Å². The van der Waals surface area contributed by atoms with E-state index in [0.29, 0.717) is 42.3 Å². The van der Waals surface area contributed by atoms with Gasteiger partial charge in [-0.2, -0.15) is 4.72 Å². The number of hydrogen-bond acceptors (Lipinski definition) is 3. The summed E-state index contributed by atoms with van der Waals surface area (Å²) in [6.07, 6.45) is 4.52. The minimum absolute atomic E-state index is 0.169. The minimum atomic E-state index is -3.93. The van der Waals surface area contributed by atoms with Crippen molar-refractivity contribution in [2.75, 3.05) is 13.1 Å². The number of benzene rings is 2. The van der Waals surface area contributed by atoms with Crippen LogP contribution in [0.5, 0.6) is 0 Å². The number of fused-ring (bicyclic) bond motifs is 1. The smallest absolute Gasteiger partial charge is 0.241 e. The van der Waals surface area contributed by atoms with Crippen molar-refractivity contribution in [1.29, 1.82) is 0 Å². The van der Waals surface area contributed by atoms with Crippen LogP contribution in [0.2, 0.25) is 5.02 Å². The van der Waals surface area contributed by atoms with E-state index >= 15 is 0 Å². The third-order valence-electron chi connectivity index (χ3n) is 6.53. The lowest BCUT2D eigenvalue weighted by Gasteiger charge is -2.33. The Morgan fingerprint density at radius 2 is 1.85 bits per heavy atom. The highest BCUT2D eigenvalue weighted by Crippen LogP contribution is 2.25. The first kappa shape index (κ1) is 23.8. The third kappa shape index (κ3) is 5.26. The fourth-order valence-electron chi connectivity index (χ4n) is 4.44. The van der Waals surface area contributed by atoms with E-state index in [-0.39, 0.29) is 10.8 Å². The molecule has 1 amide bonds. The largest absolute Gasteiger partial charge is 0.351 e. The van der Waals surface area contributed by atoms with Crippen molar-refractivity contribution in [3.8, 4) is 0 Å². The van der Waals surface area contributed by atoms with E-state index in [1.807, 2.05) is 42.1 Å². The van der Waals surface area contributed by atoms with E-state index in [2.05, 4.69) is 11.6 Å². The topological polar surface area (TPSA) is 71.4 Å². The van der Waals surface area contributed by atoms with Gasteiger partial charge in [-0.3, -0.25) is 4.79 Å². The number of aryl methyl sites for hydroxylation is 2. The second-order valence-corrected chi connectivity index (χ2v) is 11.0. The molecule has 0 bridgehead atoms. The standard InChI is InChI=1S/C25H30ClN3O3S/c1-18-12-16-29(17-13-18)25(30)22(11-10-19-6-3-4-7-21(19)26)27-33(31,32)24-9-5-8-23-20(24)14-15-28(23)2/h3-9,14-15,18,22,27H,10-13,16-17H2,1-2H3. The summed E-state index contributed by atoms with van der Waals surface area (Å²) < 4.78 is 31.5. The molecule has 0 radical (unpaired) electrons. The maximum atomic E-state index is 13.5. The van der Waals surface area contributed by atoms with Gasteiger partial charge in [0.25, 0.3) is 0 Å². The van der Waals surface area contributed by atoms with Crippen LogP contribution in [0.25, 0.3) is 10.9 Å². The molecule has 3 aromatic rings. The van der Waals surface area contributed by atoms with Gasteiger partial charge in [0.1, 0.15) is 6.04 Å². The molecule has 2 aromatic carbocycles. The van der Waals surface area contributed by atoms with Gasteiger partial charge >= 0.3 is 0 Å². The molecule has 1 aromatic heterocycles. The predicted molar refractivity (Wildman–Crippen MR) is 132 cm³/mol. The molecule has 0 aliphatic carbocycles. The summed E-state index contributed by atoms with van der Waals surface area (Å²) in [7, 11) is -2.05. The number of carbonyl (C=O) groups excluding carboxylic acids is 1. The van der Waals surface area contributed by atoms with Crippen LogP contribution in [0.4, 0.5) is 0 Å². The van der Waals surface area contributed by atoms with Gasteiger partial charge in [0.15, 0.2) is 0 Å². The van der Waals surface area contributed by atoms with Crippen molar-refractivity contribution in [3.63, 3.8) is 0 Å². The van der Waals surface area contributed by atoms with Gasteiger partial charge in [0.05, 0.1) is 4.90 Å². The molecule has 1 aliphatic rings. The molecule has 6 nitrogen and oxygen atoms in total. The van der Waals surface area contributed by atoms with Gasteiger partial charge in [0, 0.05) is 42.3 Å². The molecule has 2 heterocycles. The lowest BCUT2D eigenvalue weighted by molar-refractivity contribution is -0.134. The number of sulfonamides is 1. The molecule has 4 rings (SSSR count). The highest BCUT2D eigenvalue weighted by atomic mass is 35.5. The van der Waals surface area contributed by atoms with Crippen molar-refractivity contribution < 1.29 is 13.2 Å². The summed E-state index contributed by atoms with van der Waals surface area (Å²) in [5.74, 6) is 0.403. The Bertz CT molecular complexity index is 1250. The predicted octanol–water partition coefficient (Wildman–Crippen LogP) is 4.37. The zero-order valence-corrected chi connectivity index (χ0v) is 20.6. The molecule has 0 spiro atoms. The van der Waals surface area contributed by atoms with Gasteiger partial charge in [0.2, 0.25) is 15.9 Å². The Labute approximate surface area is 200 Å². The second-order valence-electron chi connectivity index (χ2n) is 8.93. The van der Waals surface area contributed by atoms with E-state index in [0.717, 1.165) is 23.9 Å². The minimum Gasteiger partial charge on any atom is -0.351 e. The molecule has 8 heteroatoms. The molecular weight excluding hydrogens is 458 g/mol. The van der Waals surface area contributed by atoms with Gasteiger partial charge in [-0.1, -0.05) is 42.8 Å². The van der Waals surface area contributed by atoms with Gasteiger partial charge in [-0.15, -0.1) is 0 Å². The Morgan fingerprint density at radius 3 is 2.58 bits per heavy atom. The fourth-order valence-corrected chi connectivity index (χ4v) is 6.11. The summed E-state index contributed by atoms with van der Waals surface area (Å²) in [6, 6.07) is 13.6. The summed E-state index contributed by atoms with van der Waals surface area (Å²) in [5.41, 5.74) is 1.72. The molecule has 1 N–H and O–H groups in total. The normalized spacial score (nSPS) is 16.3. The van der Waals surface area contributed by atoms with Crippen LogP contribution < -0.4 is 4.72 Å². The lowest BCUT2D eigenvalue weighted by atomic mass is 9.98. The number of nitrogens with one attached hydrogen (secondary N) is 1. The van der Waals surface area contributed by atoms with Gasteiger partial charge < -0.3 is 9.47 Å². The number of hydrogen-bond donors (Lipinski definition) is 1. The number of piperidine rings is 1. The Balaban J connectivity index is 1.61. The molecule has 1 atom stereocenters. The molecule has 1 saturated heterocycles. The highest BCUT2D eigenvalue weighted by Gasteiger charge is 2.31. The summed E-state index contributed by atoms with van der Waals surface area (Å²) in [4.78, 5) is 15.4. The van der Waals surface area contributed by atoms with E-state index in [9.17, 15) is 13.2 Å². The first-order valence-electron chi connectivity index (χ1n) is 11.3. The van der Waals surface area contributed by atoms with E-state index < -0.39 is 16.1 Å². The number of likely N-dealkylation sites (tertiary alicyclic amines) is 1. The molecule has 176 valence electrons. The number of halogens is 1. The fraction of sp³-hybridized carbons (Fsp3) is 0.400. The summed E-state index contributed by atoms with van der Waals surface area (Å²) in [5, 5.41) is 1.25. The monoisotopic (exact) mass is 487 g/mol. The average Bonchev–Trinajstić information content (AvgIpc) is 3.18. The zero-order valence-electron chi connectivity index (χ0n) is 19.0. The van der Waals surface area contributed by atoms with Crippen molar-refractivity contribution in [3.05, 3.63) is 65.3 Å². The number of amides is 1. The van der Waals surface area contributed by atoms with Crippen LogP contribution >= 0.6 is 11.6 Å². The SMILES string of the molecule is CC1CCN(C(=O)C(CCc2ccccc2Cl)NS(=O)(=O)c2cccc3c2ccn3C)CC1. The summed E-state index contributed by atoms with van der Waals surface area (Å²) in [6.45, 7) is 3.48. The Kier molecular flexibility index (Phi) is 7.12. The Hall–Kier alpha value is -2.35. The maximum absolute atomic E-state index is 13.5. The zero-order chi connectivity index (χ0) is 23.6. The number of aromatic nitrogens is 1. The molecule has 1 aliphatic heterocycles. The van der Waals surface area contributed by atoms with Crippen LogP contribution in [0, 0.1) is 5.92 Å². The molecular formula is C25H30ClN3O3S. The summed E-state index contributed by atoms with van der Waals surface area (Å²) >= 11 is 6.31. The molecule has 0 saturated carbocycles. The van der Waals surface area contributed by atoms with Crippen LogP contribution in [0.15, 0.2) is 59.6 Å². The van der Waals surface area contributed by atoms with Crippen molar-refractivity contribution in [2.24, 2.45) is 13.0 Å². The Morgan fingerprint density at radius 1 is 1.12 bits per heavy atom. The highest BCUT2D eigenvalue weighted by molar-refractivity contribution is 7.89. The van der Waals surface area contributed by atoms with Gasteiger partial charge in [-0.25, -0.2) is 8.42 Å². The first-order chi connectivity index (χ1) is 15.8. The maximum Gasteiger partial charge on any atom is 0.241 e. The number of nitrogens with zero attached hydrogens (tertiary/aromatic N) is 2. The lowest BCUT2D eigenvalue weighted by Crippen LogP contribution is -2.50. The van der Waals surface area contributed by atoms with Crippen molar-refractivity contribution in [1.82, 2.24) is 14.2 Å². The molecule has 1 unspecified atom stereocenters. The third-order valence-corrected chi connectivity index (χ3v) is 8.43. The van der Waals surface area contributed by atoms with E-state index in [1.165, 1.54) is 0 Å². The van der Waals surface area contributed by atoms with Crippen LogP contribution in [-0.2, 0) is 28.3 Å². The quantitative estimate of drug-likeness (QED) is 0.538.